The quantitative estimate of drug-likeness (QED) is 0.425. The van der Waals surface area contributed by atoms with E-state index in [-0.39, 0.29) is 17.2 Å². The van der Waals surface area contributed by atoms with Crippen LogP contribution in [0.2, 0.25) is 0 Å². The average Bonchev–Trinajstić information content (AvgIpc) is 2.67. The number of aryl methyl sites for hydroxylation is 1. The number of hydrazone groups is 1. The minimum absolute atomic E-state index is 0.0606. The highest BCUT2D eigenvalue weighted by Gasteiger charge is 2.24. The normalized spacial score (nSPS) is 11.4. The summed E-state index contributed by atoms with van der Waals surface area (Å²) in [7, 11) is -0.943. The van der Waals surface area contributed by atoms with E-state index in [9.17, 15) is 18.3 Å². The molecular weight excluding hydrogens is 478 g/mol. The van der Waals surface area contributed by atoms with E-state index < -0.39 is 22.5 Å². The van der Waals surface area contributed by atoms with Gasteiger partial charge in [0, 0.05) is 0 Å². The Morgan fingerprint density at radius 3 is 2.50 bits per heavy atom. The number of anilines is 1. The van der Waals surface area contributed by atoms with E-state index in [1.54, 1.807) is 31.2 Å². The summed E-state index contributed by atoms with van der Waals surface area (Å²) in [5, 5.41) is 13.7. The predicted octanol–water partition coefficient (Wildman–Crippen LogP) is 2.40. The van der Waals surface area contributed by atoms with Gasteiger partial charge in [0.2, 0.25) is 10.0 Å². The minimum atomic E-state index is -3.77. The zero-order chi connectivity index (χ0) is 22.5. The van der Waals surface area contributed by atoms with Crippen molar-refractivity contribution in [3.63, 3.8) is 0 Å². The van der Waals surface area contributed by atoms with Crippen LogP contribution in [0.3, 0.4) is 0 Å². The molecule has 0 aliphatic heterocycles. The topological polar surface area (TPSA) is 118 Å². The number of carbonyl (C=O) groups excluding carboxylic acids is 1. The molecule has 2 aromatic rings. The first-order valence-corrected chi connectivity index (χ1v) is 11.2. The summed E-state index contributed by atoms with van der Waals surface area (Å²) >= 11 is 3.19. The molecule has 0 bridgehead atoms. The Kier molecular flexibility index (Phi) is 7.68. The first-order valence-electron chi connectivity index (χ1n) is 8.57. The molecule has 2 aromatic carbocycles. The average molecular weight is 500 g/mol. The van der Waals surface area contributed by atoms with Crippen molar-refractivity contribution in [2.24, 2.45) is 5.10 Å². The Morgan fingerprint density at radius 2 is 1.90 bits per heavy atom. The second-order valence-corrected chi connectivity index (χ2v) is 9.05. The van der Waals surface area contributed by atoms with Crippen LogP contribution < -0.4 is 19.2 Å². The number of phenolic OH excluding ortho intramolecular Hbond substituents is 1. The van der Waals surface area contributed by atoms with Crippen molar-refractivity contribution in [3.8, 4) is 17.2 Å². The van der Waals surface area contributed by atoms with Gasteiger partial charge in [0.1, 0.15) is 12.3 Å². The zero-order valence-electron chi connectivity index (χ0n) is 16.8. The third-order valence-electron chi connectivity index (χ3n) is 3.96. The third-order valence-corrected chi connectivity index (χ3v) is 5.70. The fraction of sp³-hybridized carbons (Fsp3) is 0.263. The second kappa shape index (κ2) is 9.81. The van der Waals surface area contributed by atoms with E-state index in [0.29, 0.717) is 15.8 Å². The van der Waals surface area contributed by atoms with E-state index in [1.165, 1.54) is 26.5 Å². The van der Waals surface area contributed by atoms with E-state index in [4.69, 9.17) is 9.47 Å². The van der Waals surface area contributed by atoms with Crippen molar-refractivity contribution in [2.75, 3.05) is 31.3 Å². The number of nitrogens with one attached hydrogen (secondary N) is 1. The summed E-state index contributed by atoms with van der Waals surface area (Å²) in [6, 6.07) is 8.13. The maximum Gasteiger partial charge on any atom is 0.260 e. The Balaban J connectivity index is 2.20. The van der Waals surface area contributed by atoms with Gasteiger partial charge in [-0.2, -0.15) is 5.10 Å². The number of hydrogen-bond acceptors (Lipinski definition) is 7. The van der Waals surface area contributed by atoms with Crippen LogP contribution >= 0.6 is 15.9 Å². The van der Waals surface area contributed by atoms with Crippen LogP contribution in [-0.4, -0.2) is 52.7 Å². The molecule has 0 aromatic heterocycles. The van der Waals surface area contributed by atoms with Gasteiger partial charge in [-0.1, -0.05) is 6.07 Å². The number of nitrogens with zero attached hydrogens (tertiary/aromatic N) is 2. The Bertz CT molecular complexity index is 1070. The first kappa shape index (κ1) is 23.5. The van der Waals surface area contributed by atoms with Crippen LogP contribution in [0.15, 0.2) is 39.9 Å². The van der Waals surface area contributed by atoms with Crippen molar-refractivity contribution >= 4 is 43.8 Å². The summed E-state index contributed by atoms with van der Waals surface area (Å²) in [4.78, 5) is 12.3. The minimum Gasteiger partial charge on any atom is -0.503 e. The maximum absolute atomic E-state index is 12.3. The Hall–Kier alpha value is -2.79. The van der Waals surface area contributed by atoms with Gasteiger partial charge in [-0.25, -0.2) is 13.8 Å². The summed E-state index contributed by atoms with van der Waals surface area (Å²) in [5.74, 6) is -0.157. The number of amides is 1. The van der Waals surface area contributed by atoms with Gasteiger partial charge < -0.3 is 14.6 Å². The smallest absolute Gasteiger partial charge is 0.260 e. The molecule has 1 amide bonds. The number of benzene rings is 2. The molecule has 30 heavy (non-hydrogen) atoms. The maximum atomic E-state index is 12.3. The SMILES string of the molecule is COc1ccc(C)cc1N(CC(=O)NN=Cc1cc(Br)c(O)c(OC)c1)S(C)(=O)=O. The van der Waals surface area contributed by atoms with Gasteiger partial charge in [-0.3, -0.25) is 9.10 Å². The third kappa shape index (κ3) is 5.86. The lowest BCUT2D eigenvalue weighted by atomic mass is 10.2. The summed E-state index contributed by atoms with van der Waals surface area (Å²) < 4.78 is 36.2. The molecule has 11 heteroatoms. The highest BCUT2D eigenvalue weighted by molar-refractivity contribution is 9.10. The van der Waals surface area contributed by atoms with Crippen molar-refractivity contribution in [1.82, 2.24) is 5.43 Å². The molecule has 0 unspecified atom stereocenters. The second-order valence-electron chi connectivity index (χ2n) is 6.29. The zero-order valence-corrected chi connectivity index (χ0v) is 19.2. The molecule has 162 valence electrons. The number of methoxy groups -OCH3 is 2. The molecule has 0 saturated heterocycles. The number of sulfonamides is 1. The number of hydrogen-bond donors (Lipinski definition) is 2. The largest absolute Gasteiger partial charge is 0.503 e. The molecule has 0 atom stereocenters. The molecule has 0 aliphatic rings. The monoisotopic (exact) mass is 499 g/mol. The molecule has 9 nitrogen and oxygen atoms in total. The van der Waals surface area contributed by atoms with Crippen molar-refractivity contribution < 1.29 is 27.8 Å². The molecule has 2 N–H and O–H groups in total. The van der Waals surface area contributed by atoms with E-state index in [1.807, 2.05) is 0 Å². The van der Waals surface area contributed by atoms with Gasteiger partial charge in [0.15, 0.2) is 11.5 Å². The highest BCUT2D eigenvalue weighted by atomic mass is 79.9. The van der Waals surface area contributed by atoms with Crippen molar-refractivity contribution in [1.29, 1.82) is 0 Å². The standard InChI is InChI=1S/C19H22BrN3O6S/c1-12-5-6-16(28-2)15(7-12)23(30(4,26)27)11-18(24)22-21-10-13-8-14(20)19(25)17(9-13)29-3/h5-10,25H,11H2,1-4H3,(H,22,24). The van der Waals surface area contributed by atoms with Crippen LogP contribution in [0.25, 0.3) is 0 Å². The fourth-order valence-corrected chi connectivity index (χ4v) is 3.86. The Morgan fingerprint density at radius 1 is 1.23 bits per heavy atom. The first-order chi connectivity index (χ1) is 14.1. The molecule has 0 fully saturated rings. The molecule has 0 heterocycles. The number of ether oxygens (including phenoxy) is 2. The molecule has 0 saturated carbocycles. The molecule has 0 aliphatic carbocycles. The van der Waals surface area contributed by atoms with Crippen LogP contribution in [0.4, 0.5) is 5.69 Å². The summed E-state index contributed by atoms with van der Waals surface area (Å²) in [5.41, 5.74) is 3.90. The van der Waals surface area contributed by atoms with Crippen molar-refractivity contribution in [3.05, 3.63) is 45.9 Å². The number of phenols is 1. The lowest BCUT2D eigenvalue weighted by Gasteiger charge is -2.23. The fourth-order valence-electron chi connectivity index (χ4n) is 2.54. The Labute approximate surface area is 183 Å². The van der Waals surface area contributed by atoms with Crippen LogP contribution in [0, 0.1) is 6.92 Å². The van der Waals surface area contributed by atoms with Crippen LogP contribution in [0.5, 0.6) is 17.2 Å². The lowest BCUT2D eigenvalue weighted by Crippen LogP contribution is -2.39. The number of carbonyl (C=O) groups is 1. The van der Waals surface area contributed by atoms with Gasteiger partial charge in [-0.05, 0) is 58.2 Å². The van der Waals surface area contributed by atoms with Crippen LogP contribution in [0.1, 0.15) is 11.1 Å². The molecule has 2 rings (SSSR count). The summed E-state index contributed by atoms with van der Waals surface area (Å²) in [6.45, 7) is 1.32. The predicted molar refractivity (Wildman–Crippen MR) is 118 cm³/mol. The van der Waals surface area contributed by atoms with Gasteiger partial charge in [0.05, 0.1) is 36.9 Å². The highest BCUT2D eigenvalue weighted by Crippen LogP contribution is 2.34. The number of rotatable bonds is 8. The number of halogens is 1. The van der Waals surface area contributed by atoms with Gasteiger partial charge >= 0.3 is 0 Å². The van der Waals surface area contributed by atoms with Gasteiger partial charge in [0.25, 0.3) is 5.91 Å². The van der Waals surface area contributed by atoms with E-state index in [0.717, 1.165) is 16.1 Å². The molecule has 0 spiro atoms. The lowest BCUT2D eigenvalue weighted by molar-refractivity contribution is -0.119. The van der Waals surface area contributed by atoms with Gasteiger partial charge in [-0.15, -0.1) is 0 Å². The molecule has 0 radical (unpaired) electrons. The van der Waals surface area contributed by atoms with Crippen molar-refractivity contribution in [2.45, 2.75) is 6.92 Å². The van der Waals surface area contributed by atoms with E-state index in [2.05, 4.69) is 26.5 Å². The van der Waals surface area contributed by atoms with Crippen LogP contribution in [-0.2, 0) is 14.8 Å². The summed E-state index contributed by atoms with van der Waals surface area (Å²) in [6.07, 6.45) is 2.34. The van der Waals surface area contributed by atoms with E-state index >= 15 is 0 Å². The molecular formula is C19H22BrN3O6S. The number of aromatic hydroxyl groups is 1.